The molecule has 1 aliphatic rings. The van der Waals surface area contributed by atoms with Crippen LogP contribution in [0.25, 0.3) is 0 Å². The molecule has 0 unspecified atom stereocenters. The van der Waals surface area contributed by atoms with Gasteiger partial charge in [-0.05, 0) is 24.6 Å². The highest BCUT2D eigenvalue weighted by atomic mass is 16.5. The first-order chi connectivity index (χ1) is 9.49. The van der Waals surface area contributed by atoms with Gasteiger partial charge in [0, 0.05) is 12.8 Å². The van der Waals surface area contributed by atoms with E-state index in [2.05, 4.69) is 0 Å². The van der Waals surface area contributed by atoms with Crippen molar-refractivity contribution in [3.63, 3.8) is 0 Å². The summed E-state index contributed by atoms with van der Waals surface area (Å²) in [6, 6.07) is 4.59. The second-order valence-corrected chi connectivity index (χ2v) is 4.57. The quantitative estimate of drug-likeness (QED) is 0.818. The van der Waals surface area contributed by atoms with E-state index < -0.39 is 5.97 Å². The molecule has 0 atom stereocenters. The number of imide groups is 1. The number of carbonyl (C=O) groups is 3. The Kier molecular flexibility index (Phi) is 4.02. The van der Waals surface area contributed by atoms with Crippen LogP contribution in [-0.4, -0.2) is 40.9 Å². The van der Waals surface area contributed by atoms with Crippen molar-refractivity contribution in [2.45, 2.75) is 19.8 Å². The molecule has 1 aromatic carbocycles. The number of carboxylic acid groups (broad SMARTS) is 1. The summed E-state index contributed by atoms with van der Waals surface area (Å²) >= 11 is 0. The van der Waals surface area contributed by atoms with Gasteiger partial charge in [-0.3, -0.25) is 14.5 Å². The lowest BCUT2D eigenvalue weighted by molar-refractivity contribution is -0.138. The summed E-state index contributed by atoms with van der Waals surface area (Å²) in [5, 5.41) is 8.91. The molecule has 1 N–H and O–H groups in total. The van der Waals surface area contributed by atoms with Crippen molar-refractivity contribution in [1.82, 2.24) is 4.90 Å². The van der Waals surface area contributed by atoms with Crippen molar-refractivity contribution in [3.05, 3.63) is 29.3 Å². The van der Waals surface area contributed by atoms with Gasteiger partial charge in [0.15, 0.2) is 0 Å². The maximum atomic E-state index is 11.4. The molecule has 2 rings (SSSR count). The minimum atomic E-state index is -1.03. The Bertz CT molecular complexity index is 551. The van der Waals surface area contributed by atoms with E-state index in [0.29, 0.717) is 5.75 Å². The third-order valence-corrected chi connectivity index (χ3v) is 3.16. The Morgan fingerprint density at radius 3 is 2.55 bits per heavy atom. The van der Waals surface area contributed by atoms with E-state index in [4.69, 9.17) is 9.84 Å². The summed E-state index contributed by atoms with van der Waals surface area (Å²) in [6.07, 6.45) is 0.513. The van der Waals surface area contributed by atoms with E-state index in [1.165, 1.54) is 17.0 Å². The average molecular weight is 277 g/mol. The van der Waals surface area contributed by atoms with Crippen molar-refractivity contribution in [2.24, 2.45) is 0 Å². The van der Waals surface area contributed by atoms with E-state index in [0.717, 1.165) is 5.56 Å². The highest BCUT2D eigenvalue weighted by molar-refractivity contribution is 6.01. The molecule has 6 heteroatoms. The van der Waals surface area contributed by atoms with Gasteiger partial charge in [-0.2, -0.15) is 0 Å². The number of rotatable bonds is 5. The lowest BCUT2D eigenvalue weighted by atomic mass is 10.1. The summed E-state index contributed by atoms with van der Waals surface area (Å²) in [5.41, 5.74) is 0.938. The van der Waals surface area contributed by atoms with E-state index in [9.17, 15) is 14.4 Å². The smallest absolute Gasteiger partial charge is 0.335 e. The normalized spacial score (nSPS) is 14.8. The molecule has 106 valence electrons. The highest BCUT2D eigenvalue weighted by Crippen LogP contribution is 2.20. The van der Waals surface area contributed by atoms with Crippen molar-refractivity contribution in [2.75, 3.05) is 13.2 Å². The zero-order chi connectivity index (χ0) is 14.7. The van der Waals surface area contributed by atoms with Crippen LogP contribution in [0.4, 0.5) is 0 Å². The van der Waals surface area contributed by atoms with Gasteiger partial charge in [-0.25, -0.2) is 4.79 Å². The molecule has 0 spiro atoms. The van der Waals surface area contributed by atoms with Gasteiger partial charge in [0.05, 0.1) is 12.1 Å². The van der Waals surface area contributed by atoms with Gasteiger partial charge < -0.3 is 9.84 Å². The molecule has 1 heterocycles. The number of amides is 2. The Morgan fingerprint density at radius 1 is 1.30 bits per heavy atom. The van der Waals surface area contributed by atoms with Crippen molar-refractivity contribution < 1.29 is 24.2 Å². The summed E-state index contributed by atoms with van der Waals surface area (Å²) in [6.45, 7) is 2.14. The van der Waals surface area contributed by atoms with Crippen molar-refractivity contribution in [1.29, 1.82) is 0 Å². The molecule has 2 amide bonds. The maximum absolute atomic E-state index is 11.4. The molecular formula is C14H15NO5. The number of aryl methyl sites for hydroxylation is 1. The number of likely N-dealkylation sites (tertiary alicyclic amines) is 1. The standard InChI is InChI=1S/C14H15NO5/c1-9-2-3-10(14(18)19)8-11(9)20-7-6-15-12(16)4-5-13(15)17/h2-3,8H,4-7H2,1H3,(H,18,19). The molecule has 1 aliphatic heterocycles. The number of carbonyl (C=O) groups excluding carboxylic acids is 2. The second kappa shape index (κ2) is 5.73. The first-order valence-electron chi connectivity index (χ1n) is 6.29. The van der Waals surface area contributed by atoms with Crippen LogP contribution in [0.3, 0.4) is 0 Å². The Hall–Kier alpha value is -2.37. The first-order valence-corrected chi connectivity index (χ1v) is 6.29. The van der Waals surface area contributed by atoms with Crippen molar-refractivity contribution >= 4 is 17.8 Å². The number of ether oxygens (including phenoxy) is 1. The zero-order valence-corrected chi connectivity index (χ0v) is 11.1. The predicted octanol–water partition coefficient (Wildman–Crippen LogP) is 1.22. The van der Waals surface area contributed by atoms with Crippen LogP contribution in [0, 0.1) is 6.92 Å². The average Bonchev–Trinajstić information content (AvgIpc) is 2.72. The molecule has 6 nitrogen and oxygen atoms in total. The monoisotopic (exact) mass is 277 g/mol. The van der Waals surface area contributed by atoms with Gasteiger partial charge >= 0.3 is 5.97 Å². The fourth-order valence-electron chi connectivity index (χ4n) is 2.01. The molecule has 0 aromatic heterocycles. The third-order valence-electron chi connectivity index (χ3n) is 3.16. The summed E-state index contributed by atoms with van der Waals surface area (Å²) < 4.78 is 5.48. The van der Waals surface area contributed by atoms with E-state index >= 15 is 0 Å². The molecule has 1 saturated heterocycles. The molecular weight excluding hydrogens is 262 g/mol. The number of hydrogen-bond donors (Lipinski definition) is 1. The van der Waals surface area contributed by atoms with Crippen LogP contribution < -0.4 is 4.74 Å². The fraction of sp³-hybridized carbons (Fsp3) is 0.357. The van der Waals surface area contributed by atoms with E-state index in [1.54, 1.807) is 13.0 Å². The molecule has 1 aromatic rings. The SMILES string of the molecule is Cc1ccc(C(=O)O)cc1OCCN1C(=O)CCC1=O. The van der Waals surface area contributed by atoms with Crippen LogP contribution in [-0.2, 0) is 9.59 Å². The minimum absolute atomic E-state index is 0.138. The summed E-state index contributed by atoms with van der Waals surface area (Å²) in [5.74, 6) is -0.951. The lowest BCUT2D eigenvalue weighted by Crippen LogP contribution is -2.33. The molecule has 0 bridgehead atoms. The Labute approximate surface area is 115 Å². The van der Waals surface area contributed by atoms with Crippen LogP contribution in [0.1, 0.15) is 28.8 Å². The summed E-state index contributed by atoms with van der Waals surface area (Å²) in [7, 11) is 0. The first kappa shape index (κ1) is 14.0. The topological polar surface area (TPSA) is 83.9 Å². The molecule has 1 fully saturated rings. The van der Waals surface area contributed by atoms with E-state index in [-0.39, 0.29) is 43.4 Å². The Morgan fingerprint density at radius 2 is 1.95 bits per heavy atom. The van der Waals surface area contributed by atoms with Gasteiger partial charge in [0.2, 0.25) is 11.8 Å². The fourth-order valence-corrected chi connectivity index (χ4v) is 2.01. The van der Waals surface area contributed by atoms with Gasteiger partial charge in [0.1, 0.15) is 12.4 Å². The molecule has 0 radical (unpaired) electrons. The van der Waals surface area contributed by atoms with Crippen LogP contribution >= 0.6 is 0 Å². The number of carboxylic acids is 1. The lowest BCUT2D eigenvalue weighted by Gasteiger charge is -2.15. The van der Waals surface area contributed by atoms with Crippen LogP contribution in [0.15, 0.2) is 18.2 Å². The zero-order valence-electron chi connectivity index (χ0n) is 11.1. The third kappa shape index (κ3) is 2.96. The minimum Gasteiger partial charge on any atom is -0.491 e. The largest absolute Gasteiger partial charge is 0.491 e. The number of nitrogens with zero attached hydrogens (tertiary/aromatic N) is 1. The van der Waals surface area contributed by atoms with Gasteiger partial charge in [-0.15, -0.1) is 0 Å². The highest BCUT2D eigenvalue weighted by Gasteiger charge is 2.28. The van der Waals surface area contributed by atoms with Gasteiger partial charge in [0.25, 0.3) is 0 Å². The van der Waals surface area contributed by atoms with Gasteiger partial charge in [-0.1, -0.05) is 6.07 Å². The van der Waals surface area contributed by atoms with Crippen molar-refractivity contribution in [3.8, 4) is 5.75 Å². The van der Waals surface area contributed by atoms with Crippen LogP contribution in [0.5, 0.6) is 5.75 Å². The Balaban J connectivity index is 1.97. The maximum Gasteiger partial charge on any atom is 0.335 e. The number of hydrogen-bond acceptors (Lipinski definition) is 4. The molecule has 0 aliphatic carbocycles. The van der Waals surface area contributed by atoms with E-state index in [1.807, 2.05) is 0 Å². The van der Waals surface area contributed by atoms with Crippen LogP contribution in [0.2, 0.25) is 0 Å². The number of benzene rings is 1. The predicted molar refractivity (Wildman–Crippen MR) is 69.6 cm³/mol. The molecule has 20 heavy (non-hydrogen) atoms. The molecule has 0 saturated carbocycles. The summed E-state index contributed by atoms with van der Waals surface area (Å²) in [4.78, 5) is 34.9. The number of aromatic carboxylic acids is 1. The second-order valence-electron chi connectivity index (χ2n) is 4.57.